The van der Waals surface area contributed by atoms with Crippen molar-refractivity contribution in [1.29, 1.82) is 0 Å². The van der Waals surface area contributed by atoms with Crippen LogP contribution in [0.15, 0.2) is 36.4 Å². The molecule has 0 aliphatic carbocycles. The number of ether oxygens (including phenoxy) is 2. The van der Waals surface area contributed by atoms with E-state index >= 15 is 0 Å². The van der Waals surface area contributed by atoms with E-state index in [-0.39, 0.29) is 24.8 Å². The zero-order valence-corrected chi connectivity index (χ0v) is 19.1. The van der Waals surface area contributed by atoms with Crippen molar-refractivity contribution in [1.82, 2.24) is 9.80 Å². The Labute approximate surface area is 191 Å². The Morgan fingerprint density at radius 3 is 2.59 bits per heavy atom. The molecule has 2 aromatic carbocycles. The van der Waals surface area contributed by atoms with Crippen LogP contribution in [0.3, 0.4) is 0 Å². The summed E-state index contributed by atoms with van der Waals surface area (Å²) >= 11 is 6.36. The summed E-state index contributed by atoms with van der Waals surface area (Å²) in [4.78, 5) is 30.2. The van der Waals surface area contributed by atoms with E-state index in [4.69, 9.17) is 21.1 Å². The van der Waals surface area contributed by atoms with Gasteiger partial charge in [-0.25, -0.2) is 0 Å². The summed E-state index contributed by atoms with van der Waals surface area (Å²) in [5, 5.41) is 14.0. The number of hydrogen-bond acceptors (Lipinski definition) is 6. The second-order valence-electron chi connectivity index (χ2n) is 8.21. The lowest BCUT2D eigenvalue weighted by Gasteiger charge is -2.41. The van der Waals surface area contributed by atoms with Crippen molar-refractivity contribution >= 4 is 29.1 Å². The van der Waals surface area contributed by atoms with Crippen LogP contribution in [0.2, 0.25) is 5.02 Å². The average Bonchev–Trinajstić information content (AvgIpc) is 3.29. The van der Waals surface area contributed by atoms with Crippen LogP contribution in [0, 0.1) is 0 Å². The molecule has 170 valence electrons. The van der Waals surface area contributed by atoms with Crippen LogP contribution in [-0.2, 0) is 15.1 Å². The van der Waals surface area contributed by atoms with Gasteiger partial charge in [0.1, 0.15) is 11.5 Å². The molecule has 1 unspecified atom stereocenters. The Morgan fingerprint density at radius 2 is 1.94 bits per heavy atom. The van der Waals surface area contributed by atoms with Crippen molar-refractivity contribution < 1.29 is 24.2 Å². The van der Waals surface area contributed by atoms with Crippen molar-refractivity contribution in [2.45, 2.75) is 24.1 Å². The van der Waals surface area contributed by atoms with E-state index in [1.54, 1.807) is 55.4 Å². The third-order valence-corrected chi connectivity index (χ3v) is 6.42. The van der Waals surface area contributed by atoms with E-state index in [1.165, 1.54) is 19.1 Å². The number of benzene rings is 2. The molecule has 2 amide bonds. The topological polar surface area (TPSA) is 91.3 Å². The third kappa shape index (κ3) is 3.30. The fourth-order valence-corrected chi connectivity index (χ4v) is 4.95. The average molecular weight is 460 g/mol. The van der Waals surface area contributed by atoms with E-state index in [0.717, 1.165) is 0 Å². The van der Waals surface area contributed by atoms with Gasteiger partial charge in [-0.3, -0.25) is 14.5 Å². The van der Waals surface area contributed by atoms with E-state index in [1.807, 2.05) is 0 Å². The molecule has 2 aliphatic heterocycles. The lowest BCUT2D eigenvalue weighted by Crippen LogP contribution is -2.57. The van der Waals surface area contributed by atoms with Crippen LogP contribution in [0.4, 0.5) is 5.69 Å². The summed E-state index contributed by atoms with van der Waals surface area (Å²) in [7, 11) is 6.37. The summed E-state index contributed by atoms with van der Waals surface area (Å²) < 4.78 is 11.1. The van der Waals surface area contributed by atoms with Gasteiger partial charge in [0, 0.05) is 42.5 Å². The maximum Gasteiger partial charge on any atom is 0.254 e. The Hall–Kier alpha value is -2.81. The van der Waals surface area contributed by atoms with Crippen molar-refractivity contribution in [3.05, 3.63) is 52.5 Å². The molecule has 2 aliphatic rings. The van der Waals surface area contributed by atoms with E-state index in [0.29, 0.717) is 33.3 Å². The van der Waals surface area contributed by atoms with Crippen molar-refractivity contribution in [2.75, 3.05) is 40.2 Å². The molecule has 3 atom stereocenters. The molecule has 8 nitrogen and oxygen atoms in total. The molecule has 0 radical (unpaired) electrons. The lowest BCUT2D eigenvalue weighted by atomic mass is 9.80. The molecule has 4 rings (SSSR count). The van der Waals surface area contributed by atoms with Crippen molar-refractivity contribution in [3.63, 3.8) is 0 Å². The number of nitrogens with zero attached hydrogens (tertiary/aromatic N) is 2. The standard InChI is InChI=1S/C23H26ClN3O5/c1-26(2)21(29)19-10-14(28)12-27(19)23(17-11-15(31-3)6-8-20(17)32-4)16-9-13(24)5-7-18(16)25-22(23)30/h5-9,11,14,19,28H,10,12H2,1-4H3,(H,25,30)/t14-,19+,23?/m1/s1. The van der Waals surface area contributed by atoms with Crippen LogP contribution >= 0.6 is 11.6 Å². The number of halogens is 1. The molecule has 0 saturated carbocycles. The second-order valence-corrected chi connectivity index (χ2v) is 8.65. The monoisotopic (exact) mass is 459 g/mol. The highest BCUT2D eigenvalue weighted by Crippen LogP contribution is 2.52. The smallest absolute Gasteiger partial charge is 0.254 e. The molecule has 0 aromatic heterocycles. The van der Waals surface area contributed by atoms with Gasteiger partial charge in [0.2, 0.25) is 5.91 Å². The number of anilines is 1. The molecule has 2 aromatic rings. The zero-order valence-electron chi connectivity index (χ0n) is 18.4. The van der Waals surface area contributed by atoms with Crippen LogP contribution in [-0.4, -0.2) is 73.7 Å². The van der Waals surface area contributed by atoms with Crippen molar-refractivity contribution in [2.24, 2.45) is 0 Å². The molecule has 0 spiro atoms. The maximum absolute atomic E-state index is 13.9. The van der Waals surface area contributed by atoms with Gasteiger partial charge in [-0.15, -0.1) is 0 Å². The first-order chi connectivity index (χ1) is 15.2. The number of rotatable bonds is 5. The van der Waals surface area contributed by atoms with Gasteiger partial charge in [-0.1, -0.05) is 11.6 Å². The number of fused-ring (bicyclic) bond motifs is 1. The molecule has 1 fully saturated rings. The summed E-state index contributed by atoms with van der Waals surface area (Å²) in [6.07, 6.45) is -0.581. The highest BCUT2D eigenvalue weighted by atomic mass is 35.5. The minimum absolute atomic E-state index is 0.115. The van der Waals surface area contributed by atoms with Gasteiger partial charge in [0.05, 0.1) is 26.4 Å². The van der Waals surface area contributed by atoms with Gasteiger partial charge in [0.15, 0.2) is 5.54 Å². The minimum Gasteiger partial charge on any atom is -0.497 e. The summed E-state index contributed by atoms with van der Waals surface area (Å²) in [6, 6.07) is 9.61. The largest absolute Gasteiger partial charge is 0.497 e. The first-order valence-electron chi connectivity index (χ1n) is 10.2. The summed E-state index contributed by atoms with van der Waals surface area (Å²) in [5.41, 5.74) is 0.214. The zero-order chi connectivity index (χ0) is 23.2. The molecular weight excluding hydrogens is 434 g/mol. The van der Waals surface area contributed by atoms with Crippen molar-refractivity contribution in [3.8, 4) is 11.5 Å². The van der Waals surface area contributed by atoms with Gasteiger partial charge >= 0.3 is 0 Å². The number of hydrogen-bond donors (Lipinski definition) is 2. The fourth-order valence-electron chi connectivity index (χ4n) is 4.78. The fraction of sp³-hybridized carbons (Fsp3) is 0.391. The van der Waals surface area contributed by atoms with Gasteiger partial charge < -0.3 is 24.8 Å². The van der Waals surface area contributed by atoms with Crippen LogP contribution in [0.1, 0.15) is 17.5 Å². The molecule has 2 N–H and O–H groups in total. The number of aliphatic hydroxyl groups is 1. The Morgan fingerprint density at radius 1 is 1.19 bits per heavy atom. The first kappa shape index (κ1) is 22.4. The second kappa shape index (κ2) is 8.27. The number of carbonyl (C=O) groups excluding carboxylic acids is 2. The molecule has 2 heterocycles. The number of likely N-dealkylation sites (tertiary alicyclic amines) is 1. The number of likely N-dealkylation sites (N-methyl/N-ethyl adjacent to an activating group) is 1. The quantitative estimate of drug-likeness (QED) is 0.711. The van der Waals surface area contributed by atoms with E-state index in [9.17, 15) is 14.7 Å². The van der Waals surface area contributed by atoms with E-state index < -0.39 is 17.7 Å². The van der Waals surface area contributed by atoms with Crippen LogP contribution < -0.4 is 14.8 Å². The highest BCUT2D eigenvalue weighted by Gasteiger charge is 2.59. The van der Waals surface area contributed by atoms with Crippen LogP contribution in [0.25, 0.3) is 0 Å². The van der Waals surface area contributed by atoms with E-state index in [2.05, 4.69) is 5.32 Å². The number of carbonyl (C=O) groups is 2. The Kier molecular flexibility index (Phi) is 5.79. The number of β-amino-alcohol motifs (C(OH)–C–C–N with tert-alkyl or cyclic N) is 1. The minimum atomic E-state index is -1.46. The number of nitrogens with one attached hydrogen (secondary N) is 1. The van der Waals surface area contributed by atoms with Crippen LogP contribution in [0.5, 0.6) is 11.5 Å². The highest BCUT2D eigenvalue weighted by molar-refractivity contribution is 6.31. The first-order valence-corrected chi connectivity index (χ1v) is 10.6. The van der Waals surface area contributed by atoms with Gasteiger partial charge in [0.25, 0.3) is 5.91 Å². The predicted molar refractivity (Wildman–Crippen MR) is 120 cm³/mol. The third-order valence-electron chi connectivity index (χ3n) is 6.18. The SMILES string of the molecule is COc1ccc(OC)c(C2(N3C[C@H](O)C[C@H]3C(=O)N(C)C)C(=O)Nc3ccc(Cl)cc32)c1. The Bertz CT molecular complexity index is 1080. The lowest BCUT2D eigenvalue weighted by molar-refractivity contribution is -0.138. The number of amides is 2. The normalized spacial score (nSPS) is 24.8. The predicted octanol–water partition coefficient (Wildman–Crippen LogP) is 2.08. The van der Waals surface area contributed by atoms with Gasteiger partial charge in [-0.2, -0.15) is 0 Å². The van der Waals surface area contributed by atoms with Gasteiger partial charge in [-0.05, 0) is 42.8 Å². The number of aliphatic hydroxyl groups excluding tert-OH is 1. The molecule has 32 heavy (non-hydrogen) atoms. The summed E-state index contributed by atoms with van der Waals surface area (Å²) in [6.45, 7) is 0.115. The molecule has 9 heteroatoms. The molecular formula is C23H26ClN3O5. The Balaban J connectivity index is 2.06. The molecule has 0 bridgehead atoms. The maximum atomic E-state index is 13.9. The molecule has 1 saturated heterocycles. The summed E-state index contributed by atoms with van der Waals surface area (Å²) in [5.74, 6) is 0.419. The number of methoxy groups -OCH3 is 2.